The molecule has 0 spiro atoms. The first kappa shape index (κ1) is 13.6. The number of carbonyl (C=O) groups excluding carboxylic acids is 1. The Hall–Kier alpha value is -2.37. The molecule has 1 aliphatic carbocycles. The van der Waals surface area contributed by atoms with Crippen molar-refractivity contribution in [1.29, 1.82) is 0 Å². The number of carbonyl (C=O) groups is 1. The van der Waals surface area contributed by atoms with E-state index in [1.165, 1.54) is 7.11 Å². The Kier molecular flexibility index (Phi) is 3.37. The van der Waals surface area contributed by atoms with Gasteiger partial charge in [-0.25, -0.2) is 4.68 Å². The SMILES string of the molecule is COC(=O)Cn1nc(OC2CC2)c2cc(C)ccc2c1=O. The molecule has 3 rings (SSSR count). The van der Waals surface area contributed by atoms with Gasteiger partial charge in [0, 0.05) is 0 Å². The third-order valence-corrected chi connectivity index (χ3v) is 3.39. The van der Waals surface area contributed by atoms with Crippen molar-refractivity contribution < 1.29 is 14.3 Å². The van der Waals surface area contributed by atoms with Crippen LogP contribution in [-0.2, 0) is 16.1 Å². The Morgan fingerprint density at radius 1 is 1.38 bits per heavy atom. The van der Waals surface area contributed by atoms with Crippen molar-refractivity contribution in [3.63, 3.8) is 0 Å². The second-order valence-electron chi connectivity index (χ2n) is 5.21. The van der Waals surface area contributed by atoms with Gasteiger partial charge in [-0.1, -0.05) is 11.6 Å². The van der Waals surface area contributed by atoms with E-state index >= 15 is 0 Å². The molecule has 0 N–H and O–H groups in total. The number of benzene rings is 1. The van der Waals surface area contributed by atoms with Crippen molar-refractivity contribution in [1.82, 2.24) is 9.78 Å². The van der Waals surface area contributed by atoms with Crippen molar-refractivity contribution in [2.24, 2.45) is 0 Å². The summed E-state index contributed by atoms with van der Waals surface area (Å²) in [5.74, 6) is -0.117. The number of hydrogen-bond donors (Lipinski definition) is 0. The number of hydrogen-bond acceptors (Lipinski definition) is 5. The normalized spacial score (nSPS) is 14.2. The minimum atomic E-state index is -0.520. The third kappa shape index (κ3) is 2.74. The summed E-state index contributed by atoms with van der Waals surface area (Å²) in [4.78, 5) is 23.8. The molecule has 0 radical (unpaired) electrons. The number of rotatable bonds is 4. The highest BCUT2D eigenvalue weighted by molar-refractivity contribution is 5.86. The number of fused-ring (bicyclic) bond motifs is 1. The second-order valence-corrected chi connectivity index (χ2v) is 5.21. The highest BCUT2D eigenvalue weighted by atomic mass is 16.5. The minimum Gasteiger partial charge on any atom is -0.473 e. The molecule has 0 saturated heterocycles. The largest absolute Gasteiger partial charge is 0.473 e. The number of esters is 1. The average molecular weight is 288 g/mol. The molecule has 1 fully saturated rings. The van der Waals surface area contributed by atoms with Gasteiger partial charge in [0.15, 0.2) is 0 Å². The van der Waals surface area contributed by atoms with Crippen LogP contribution in [0, 0.1) is 6.92 Å². The number of nitrogens with zero attached hydrogens (tertiary/aromatic N) is 2. The monoisotopic (exact) mass is 288 g/mol. The van der Waals surface area contributed by atoms with Crippen molar-refractivity contribution in [3.05, 3.63) is 34.1 Å². The molecule has 0 amide bonds. The molecule has 21 heavy (non-hydrogen) atoms. The Morgan fingerprint density at radius 2 is 2.14 bits per heavy atom. The van der Waals surface area contributed by atoms with Crippen molar-refractivity contribution in [2.75, 3.05) is 7.11 Å². The molecule has 2 aromatic rings. The molecule has 1 aromatic carbocycles. The van der Waals surface area contributed by atoms with Crippen LogP contribution in [0.3, 0.4) is 0 Å². The van der Waals surface area contributed by atoms with Crippen LogP contribution >= 0.6 is 0 Å². The zero-order valence-corrected chi connectivity index (χ0v) is 12.0. The Labute approximate surface area is 121 Å². The predicted molar refractivity (Wildman–Crippen MR) is 76.4 cm³/mol. The molecule has 0 unspecified atom stereocenters. The van der Waals surface area contributed by atoms with Gasteiger partial charge in [-0.05, 0) is 31.9 Å². The highest BCUT2D eigenvalue weighted by Gasteiger charge is 2.26. The second kappa shape index (κ2) is 5.20. The molecule has 6 heteroatoms. The van der Waals surface area contributed by atoms with Crippen LogP contribution in [0.25, 0.3) is 10.8 Å². The quantitative estimate of drug-likeness (QED) is 0.796. The zero-order valence-electron chi connectivity index (χ0n) is 12.0. The maximum Gasteiger partial charge on any atom is 0.327 e. The molecule has 6 nitrogen and oxygen atoms in total. The molecular formula is C15H16N2O4. The van der Waals surface area contributed by atoms with Gasteiger partial charge in [0.25, 0.3) is 5.56 Å². The first-order valence-electron chi connectivity index (χ1n) is 6.83. The van der Waals surface area contributed by atoms with Crippen LogP contribution in [0.5, 0.6) is 5.88 Å². The number of ether oxygens (including phenoxy) is 2. The number of aryl methyl sites for hydroxylation is 1. The van der Waals surface area contributed by atoms with Crippen LogP contribution in [0.4, 0.5) is 0 Å². The molecule has 0 aliphatic heterocycles. The summed E-state index contributed by atoms with van der Waals surface area (Å²) in [6.07, 6.45) is 2.14. The molecule has 0 bridgehead atoms. The molecule has 1 saturated carbocycles. The Balaban J connectivity index is 2.15. The van der Waals surface area contributed by atoms with E-state index in [1.807, 2.05) is 19.1 Å². The van der Waals surface area contributed by atoms with E-state index in [2.05, 4.69) is 9.84 Å². The summed E-state index contributed by atoms with van der Waals surface area (Å²) in [7, 11) is 1.28. The van der Waals surface area contributed by atoms with E-state index in [0.717, 1.165) is 23.1 Å². The first-order chi connectivity index (χ1) is 10.1. The van der Waals surface area contributed by atoms with E-state index in [0.29, 0.717) is 16.7 Å². The van der Waals surface area contributed by atoms with Gasteiger partial charge in [0.1, 0.15) is 12.6 Å². The standard InChI is InChI=1S/C15H16N2O4/c1-9-3-6-11-12(7-9)14(21-10-4-5-10)16-17(15(11)19)8-13(18)20-2/h3,6-7,10H,4-5,8H2,1-2H3. The van der Waals surface area contributed by atoms with Gasteiger partial charge in [0.2, 0.25) is 5.88 Å². The summed E-state index contributed by atoms with van der Waals surface area (Å²) < 4.78 is 11.5. The van der Waals surface area contributed by atoms with Gasteiger partial charge in [0.05, 0.1) is 17.9 Å². The smallest absolute Gasteiger partial charge is 0.327 e. The lowest BCUT2D eigenvalue weighted by Crippen LogP contribution is -2.28. The highest BCUT2D eigenvalue weighted by Crippen LogP contribution is 2.29. The third-order valence-electron chi connectivity index (χ3n) is 3.39. The fourth-order valence-corrected chi connectivity index (χ4v) is 2.09. The molecule has 1 heterocycles. The van der Waals surface area contributed by atoms with Gasteiger partial charge in [-0.3, -0.25) is 9.59 Å². The minimum absolute atomic E-state index is 0.158. The van der Waals surface area contributed by atoms with E-state index < -0.39 is 5.97 Å². The lowest BCUT2D eigenvalue weighted by Gasteiger charge is -2.11. The van der Waals surface area contributed by atoms with Crippen molar-refractivity contribution >= 4 is 16.7 Å². The molecule has 0 atom stereocenters. The van der Waals surface area contributed by atoms with Crippen LogP contribution in [0.1, 0.15) is 18.4 Å². The van der Waals surface area contributed by atoms with Gasteiger partial charge in [-0.2, -0.15) is 0 Å². The fourth-order valence-electron chi connectivity index (χ4n) is 2.09. The lowest BCUT2D eigenvalue weighted by molar-refractivity contribution is -0.141. The van der Waals surface area contributed by atoms with Crippen LogP contribution in [0.15, 0.2) is 23.0 Å². The maximum atomic E-state index is 12.4. The summed E-state index contributed by atoms with van der Waals surface area (Å²) in [6, 6.07) is 5.47. The van der Waals surface area contributed by atoms with Crippen LogP contribution in [0.2, 0.25) is 0 Å². The van der Waals surface area contributed by atoms with Gasteiger partial charge < -0.3 is 9.47 Å². The van der Waals surface area contributed by atoms with Crippen molar-refractivity contribution in [3.8, 4) is 5.88 Å². The molecule has 1 aromatic heterocycles. The fraction of sp³-hybridized carbons (Fsp3) is 0.400. The van der Waals surface area contributed by atoms with E-state index in [4.69, 9.17) is 4.74 Å². The lowest BCUT2D eigenvalue weighted by atomic mass is 10.1. The van der Waals surface area contributed by atoms with Crippen LogP contribution < -0.4 is 10.3 Å². The predicted octanol–water partition coefficient (Wildman–Crippen LogP) is 1.42. The topological polar surface area (TPSA) is 70.4 Å². The van der Waals surface area contributed by atoms with E-state index in [-0.39, 0.29) is 18.2 Å². The molecule has 1 aliphatic rings. The van der Waals surface area contributed by atoms with Crippen LogP contribution in [-0.4, -0.2) is 29.0 Å². The first-order valence-corrected chi connectivity index (χ1v) is 6.83. The number of aromatic nitrogens is 2. The van der Waals surface area contributed by atoms with Gasteiger partial charge >= 0.3 is 5.97 Å². The summed E-state index contributed by atoms with van der Waals surface area (Å²) in [5.41, 5.74) is 0.702. The Bertz CT molecular complexity index is 762. The van der Waals surface area contributed by atoms with E-state index in [1.54, 1.807) is 6.07 Å². The number of methoxy groups -OCH3 is 1. The zero-order chi connectivity index (χ0) is 15.0. The molecular weight excluding hydrogens is 272 g/mol. The summed E-state index contributed by atoms with van der Waals surface area (Å²) in [6.45, 7) is 1.72. The Morgan fingerprint density at radius 3 is 2.81 bits per heavy atom. The molecule has 110 valence electrons. The van der Waals surface area contributed by atoms with E-state index in [9.17, 15) is 9.59 Å². The van der Waals surface area contributed by atoms with Gasteiger partial charge in [-0.15, -0.1) is 5.10 Å². The maximum absolute atomic E-state index is 12.4. The summed E-state index contributed by atoms with van der Waals surface area (Å²) >= 11 is 0. The van der Waals surface area contributed by atoms with Crippen molar-refractivity contribution in [2.45, 2.75) is 32.4 Å². The average Bonchev–Trinajstić information content (AvgIpc) is 3.27. The summed E-state index contributed by atoms with van der Waals surface area (Å²) in [5, 5.41) is 5.37.